The van der Waals surface area contributed by atoms with E-state index in [1.807, 2.05) is 0 Å². The average molecular weight is 138 g/mol. The van der Waals surface area contributed by atoms with E-state index in [9.17, 15) is 0 Å². The molecule has 56 valence electrons. The molecule has 0 amide bonds. The number of fused-ring (bicyclic) bond motifs is 1. The van der Waals surface area contributed by atoms with Crippen molar-refractivity contribution in [3.05, 3.63) is 0 Å². The molecule has 0 spiro atoms. The van der Waals surface area contributed by atoms with Crippen molar-refractivity contribution in [1.29, 1.82) is 0 Å². The molecule has 10 heavy (non-hydrogen) atoms. The van der Waals surface area contributed by atoms with Crippen LogP contribution >= 0.6 is 0 Å². The summed E-state index contributed by atoms with van der Waals surface area (Å²) in [6, 6.07) is 0.927. The minimum Gasteiger partial charge on any atom is -0.348 e. The van der Waals surface area contributed by atoms with Crippen LogP contribution in [0.5, 0.6) is 0 Å². The van der Waals surface area contributed by atoms with Crippen molar-refractivity contribution in [2.45, 2.75) is 12.5 Å². The van der Waals surface area contributed by atoms with Gasteiger partial charge < -0.3 is 9.71 Å². The molecule has 0 bridgehead atoms. The van der Waals surface area contributed by atoms with E-state index in [0.29, 0.717) is 0 Å². The predicted octanol–water partition coefficient (Wildman–Crippen LogP) is -0.830. The summed E-state index contributed by atoms with van der Waals surface area (Å²) in [6.45, 7) is 3.95. The molecule has 2 fully saturated rings. The second kappa shape index (κ2) is 2.24. The Kier molecular flexibility index (Phi) is 1.50. The van der Waals surface area contributed by atoms with Crippen LogP contribution < -0.4 is 0 Å². The van der Waals surface area contributed by atoms with Gasteiger partial charge in [0.1, 0.15) is 0 Å². The lowest BCUT2D eigenvalue weighted by atomic mass is 9.82. The number of nitrogens with zero attached hydrogens (tertiary/aromatic N) is 2. The smallest absolute Gasteiger partial charge is 0.185 e. The molecular formula is C7H15BN2. The van der Waals surface area contributed by atoms with Crippen molar-refractivity contribution in [1.82, 2.24) is 9.71 Å². The van der Waals surface area contributed by atoms with Gasteiger partial charge in [-0.1, -0.05) is 0 Å². The summed E-state index contributed by atoms with van der Waals surface area (Å²) < 4.78 is 0. The van der Waals surface area contributed by atoms with Crippen LogP contribution in [0.4, 0.5) is 0 Å². The first kappa shape index (κ1) is 6.68. The average Bonchev–Trinajstić information content (AvgIpc) is 1.86. The lowest BCUT2D eigenvalue weighted by Crippen LogP contribution is -2.61. The molecule has 0 aliphatic carbocycles. The summed E-state index contributed by atoms with van der Waals surface area (Å²) in [5.41, 5.74) is 0. The van der Waals surface area contributed by atoms with E-state index >= 15 is 0 Å². The van der Waals surface area contributed by atoms with Gasteiger partial charge in [0, 0.05) is 12.6 Å². The van der Waals surface area contributed by atoms with Crippen LogP contribution in [0.1, 0.15) is 6.42 Å². The van der Waals surface area contributed by atoms with Gasteiger partial charge in [0.15, 0.2) is 7.98 Å². The number of hydrogen-bond donors (Lipinski definition) is 0. The van der Waals surface area contributed by atoms with E-state index in [-0.39, 0.29) is 0 Å². The molecular weight excluding hydrogens is 123 g/mol. The topological polar surface area (TPSA) is 6.48 Å². The molecule has 0 N–H and O–H groups in total. The van der Waals surface area contributed by atoms with E-state index in [1.165, 1.54) is 26.1 Å². The fraction of sp³-hybridized carbons (Fsp3) is 1.00. The van der Waals surface area contributed by atoms with E-state index in [4.69, 9.17) is 0 Å². The summed E-state index contributed by atoms with van der Waals surface area (Å²) >= 11 is 0. The van der Waals surface area contributed by atoms with Crippen molar-refractivity contribution in [2.75, 3.05) is 26.7 Å². The first-order valence-corrected chi connectivity index (χ1v) is 4.16. The van der Waals surface area contributed by atoms with Gasteiger partial charge in [-0.2, -0.15) is 0 Å². The van der Waals surface area contributed by atoms with Gasteiger partial charge in [-0.05, 0) is 32.5 Å². The fourth-order valence-electron chi connectivity index (χ4n) is 2.33. The number of rotatable bonds is 0. The molecule has 2 atom stereocenters. The predicted molar refractivity (Wildman–Crippen MR) is 44.6 cm³/mol. The summed E-state index contributed by atoms with van der Waals surface area (Å²) in [7, 11) is 4.47. The molecule has 2 nitrogen and oxygen atoms in total. The molecule has 2 aliphatic rings. The van der Waals surface area contributed by atoms with Crippen molar-refractivity contribution in [2.24, 2.45) is 5.92 Å². The standard InChI is InChI=1S/C7H15BN2/c1-9-4-6-5-10(8)3-2-7(6)9/h6-7H,2-5,8H2,1H3. The van der Waals surface area contributed by atoms with Crippen LogP contribution in [-0.2, 0) is 0 Å². The normalized spacial score (nSPS) is 42.5. The summed E-state index contributed by atoms with van der Waals surface area (Å²) in [5.74, 6) is 0.990. The van der Waals surface area contributed by atoms with E-state index in [2.05, 4.69) is 24.7 Å². The highest BCUT2D eigenvalue weighted by molar-refractivity contribution is 6.04. The number of piperidine rings is 1. The fourth-order valence-corrected chi connectivity index (χ4v) is 2.33. The van der Waals surface area contributed by atoms with Crippen molar-refractivity contribution < 1.29 is 0 Å². The van der Waals surface area contributed by atoms with Crippen LogP contribution in [0, 0.1) is 5.92 Å². The second-order valence-corrected chi connectivity index (χ2v) is 3.82. The van der Waals surface area contributed by atoms with Gasteiger partial charge in [0.2, 0.25) is 0 Å². The second-order valence-electron chi connectivity index (χ2n) is 3.82. The van der Waals surface area contributed by atoms with Crippen molar-refractivity contribution >= 4 is 7.98 Å². The molecule has 0 aromatic rings. The Morgan fingerprint density at radius 2 is 2.20 bits per heavy atom. The Morgan fingerprint density at radius 3 is 2.80 bits per heavy atom. The minimum atomic E-state index is 0.927. The number of hydrogen-bond acceptors (Lipinski definition) is 2. The Labute approximate surface area is 63.6 Å². The molecule has 2 saturated heterocycles. The third kappa shape index (κ3) is 0.885. The maximum Gasteiger partial charge on any atom is 0.185 e. The zero-order valence-corrected chi connectivity index (χ0v) is 6.88. The molecule has 2 aliphatic heterocycles. The van der Waals surface area contributed by atoms with Crippen LogP contribution in [0.2, 0.25) is 0 Å². The van der Waals surface area contributed by atoms with E-state index in [0.717, 1.165) is 12.0 Å². The zero-order valence-electron chi connectivity index (χ0n) is 6.88. The minimum absolute atomic E-state index is 0.927. The van der Waals surface area contributed by atoms with Gasteiger partial charge in [0.25, 0.3) is 0 Å². The molecule has 3 heteroatoms. The Morgan fingerprint density at radius 1 is 1.40 bits per heavy atom. The van der Waals surface area contributed by atoms with Crippen molar-refractivity contribution in [3.63, 3.8) is 0 Å². The third-order valence-electron chi connectivity index (χ3n) is 2.99. The molecule has 0 aromatic heterocycles. The highest BCUT2D eigenvalue weighted by Crippen LogP contribution is 2.29. The highest BCUT2D eigenvalue weighted by Gasteiger charge is 2.38. The van der Waals surface area contributed by atoms with Gasteiger partial charge in [-0.25, -0.2) is 0 Å². The molecule has 2 unspecified atom stereocenters. The van der Waals surface area contributed by atoms with Gasteiger partial charge in [-0.3, -0.25) is 0 Å². The summed E-state index contributed by atoms with van der Waals surface area (Å²) in [4.78, 5) is 4.94. The Balaban J connectivity index is 1.93. The summed E-state index contributed by atoms with van der Waals surface area (Å²) in [6.07, 6.45) is 1.39. The SMILES string of the molecule is BN1CCC2C(C1)CN2C. The lowest BCUT2D eigenvalue weighted by molar-refractivity contribution is -0.00331. The summed E-state index contributed by atoms with van der Waals surface area (Å²) in [5, 5.41) is 0. The zero-order chi connectivity index (χ0) is 7.14. The quantitative estimate of drug-likeness (QED) is 0.403. The molecule has 2 rings (SSSR count). The molecule has 0 saturated carbocycles. The van der Waals surface area contributed by atoms with Crippen LogP contribution in [0.15, 0.2) is 0 Å². The monoisotopic (exact) mass is 138 g/mol. The molecule has 0 aromatic carbocycles. The van der Waals surface area contributed by atoms with Crippen LogP contribution in [0.25, 0.3) is 0 Å². The highest BCUT2D eigenvalue weighted by atomic mass is 15.2. The van der Waals surface area contributed by atoms with E-state index < -0.39 is 0 Å². The third-order valence-corrected chi connectivity index (χ3v) is 2.99. The Bertz CT molecular complexity index is 138. The number of likely N-dealkylation sites (tertiary alicyclic amines) is 1. The van der Waals surface area contributed by atoms with Gasteiger partial charge >= 0.3 is 0 Å². The lowest BCUT2D eigenvalue weighted by Gasteiger charge is -2.51. The molecule has 2 heterocycles. The Hall–Kier alpha value is -0.0151. The van der Waals surface area contributed by atoms with Gasteiger partial charge in [-0.15, -0.1) is 0 Å². The first-order valence-electron chi connectivity index (χ1n) is 4.16. The van der Waals surface area contributed by atoms with E-state index in [1.54, 1.807) is 0 Å². The largest absolute Gasteiger partial charge is 0.348 e. The van der Waals surface area contributed by atoms with Crippen molar-refractivity contribution in [3.8, 4) is 0 Å². The molecule has 0 radical (unpaired) electrons. The van der Waals surface area contributed by atoms with Gasteiger partial charge in [0.05, 0.1) is 0 Å². The first-order chi connectivity index (χ1) is 4.77. The van der Waals surface area contributed by atoms with Crippen LogP contribution in [0.3, 0.4) is 0 Å². The maximum absolute atomic E-state index is 2.48. The maximum atomic E-state index is 2.48. The van der Waals surface area contributed by atoms with Crippen LogP contribution in [-0.4, -0.2) is 50.4 Å².